The van der Waals surface area contributed by atoms with Crippen LogP contribution >= 0.6 is 0 Å². The largest absolute Gasteiger partial charge is 0.391 e. The fourth-order valence-corrected chi connectivity index (χ4v) is 4.26. The molecule has 0 aromatic carbocycles. The second-order valence-electron chi connectivity index (χ2n) is 7.46. The Morgan fingerprint density at radius 1 is 0.583 bits per heavy atom. The molecule has 2 aliphatic carbocycles. The fraction of sp³-hybridized carbons (Fsp3) is 1.00. The lowest BCUT2D eigenvalue weighted by Gasteiger charge is -2.42. The predicted octanol–water partition coefficient (Wildman–Crippen LogP) is 6.84. The molecular formula is C17H25F7. The number of rotatable bonds is 4. The van der Waals surface area contributed by atoms with E-state index in [9.17, 15) is 30.7 Å². The summed E-state index contributed by atoms with van der Waals surface area (Å²) in [7, 11) is 0. The van der Waals surface area contributed by atoms with Gasteiger partial charge in [0.15, 0.2) is 0 Å². The third-order valence-corrected chi connectivity index (χ3v) is 6.08. The summed E-state index contributed by atoms with van der Waals surface area (Å²) in [4.78, 5) is 0. The molecule has 2 saturated carbocycles. The molecule has 2 rings (SSSR count). The highest BCUT2D eigenvalue weighted by molar-refractivity contribution is 4.98. The fourth-order valence-electron chi connectivity index (χ4n) is 4.26. The average molecular weight is 362 g/mol. The van der Waals surface area contributed by atoms with Crippen LogP contribution in [0.2, 0.25) is 0 Å². The molecule has 0 atom stereocenters. The molecule has 0 saturated heterocycles. The van der Waals surface area contributed by atoms with Crippen molar-refractivity contribution in [1.82, 2.24) is 0 Å². The number of hydrogen-bond acceptors (Lipinski definition) is 0. The Bertz CT molecular complexity index is 400. The lowest BCUT2D eigenvalue weighted by atomic mass is 9.71. The maximum absolute atomic E-state index is 14.5. The zero-order valence-electron chi connectivity index (χ0n) is 13.8. The summed E-state index contributed by atoms with van der Waals surface area (Å²) in [5.41, 5.74) is 0. The molecular weight excluding hydrogens is 337 g/mol. The molecule has 0 unspecified atom stereocenters. The van der Waals surface area contributed by atoms with Gasteiger partial charge in [-0.3, -0.25) is 0 Å². The molecule has 0 aromatic rings. The van der Waals surface area contributed by atoms with E-state index < -0.39 is 61.5 Å². The van der Waals surface area contributed by atoms with Crippen LogP contribution in [-0.2, 0) is 0 Å². The van der Waals surface area contributed by atoms with Gasteiger partial charge in [0.2, 0.25) is 0 Å². The number of alkyl halides is 7. The lowest BCUT2D eigenvalue weighted by molar-refractivity contribution is -0.274. The Balaban J connectivity index is 2.01. The zero-order valence-corrected chi connectivity index (χ0v) is 13.8. The minimum atomic E-state index is -4.43. The van der Waals surface area contributed by atoms with Crippen LogP contribution in [0.15, 0.2) is 0 Å². The third kappa shape index (κ3) is 3.85. The molecule has 0 heterocycles. The molecule has 0 radical (unpaired) electrons. The topological polar surface area (TPSA) is 0 Å². The van der Waals surface area contributed by atoms with Crippen molar-refractivity contribution >= 4 is 0 Å². The van der Waals surface area contributed by atoms with Crippen molar-refractivity contribution < 1.29 is 30.7 Å². The van der Waals surface area contributed by atoms with Gasteiger partial charge in [0, 0.05) is 11.8 Å². The first-order valence-electron chi connectivity index (χ1n) is 8.82. The molecule has 0 aromatic heterocycles. The van der Waals surface area contributed by atoms with Gasteiger partial charge >= 0.3 is 18.0 Å². The Morgan fingerprint density at radius 2 is 0.917 bits per heavy atom. The maximum atomic E-state index is 14.5. The van der Waals surface area contributed by atoms with Crippen LogP contribution in [-0.4, -0.2) is 18.0 Å². The van der Waals surface area contributed by atoms with Crippen LogP contribution in [0.1, 0.15) is 64.7 Å². The summed E-state index contributed by atoms with van der Waals surface area (Å²) < 4.78 is 95.7. The molecule has 24 heavy (non-hydrogen) atoms. The molecule has 0 spiro atoms. The first kappa shape index (κ1) is 19.8. The summed E-state index contributed by atoms with van der Waals surface area (Å²) in [5.74, 6) is -12.7. The second-order valence-corrected chi connectivity index (χ2v) is 7.46. The summed E-state index contributed by atoms with van der Waals surface area (Å²) in [6.45, 7) is 1.96. The van der Waals surface area contributed by atoms with Crippen molar-refractivity contribution in [2.75, 3.05) is 0 Å². The smallest absolute Gasteiger partial charge is 0.200 e. The van der Waals surface area contributed by atoms with Gasteiger partial charge in [-0.05, 0) is 57.3 Å². The summed E-state index contributed by atoms with van der Waals surface area (Å²) in [5, 5.41) is 0. The Hall–Kier alpha value is -0.490. The highest BCUT2D eigenvalue weighted by Gasteiger charge is 2.64. The van der Waals surface area contributed by atoms with Gasteiger partial charge in [0.25, 0.3) is 0 Å². The normalized spacial score (nSPS) is 33.5. The van der Waals surface area contributed by atoms with Gasteiger partial charge in [0.1, 0.15) is 0 Å². The Labute approximate surface area is 138 Å². The molecule has 2 aliphatic rings. The lowest BCUT2D eigenvalue weighted by Crippen LogP contribution is -2.53. The SMILES string of the molecule is CCC1CCC(C(F)(F)C(F)(F)C2CCC(C(F)(F)F)CC2)CC1. The van der Waals surface area contributed by atoms with Gasteiger partial charge in [-0.2, -0.15) is 30.7 Å². The van der Waals surface area contributed by atoms with E-state index in [0.29, 0.717) is 18.8 Å². The van der Waals surface area contributed by atoms with E-state index >= 15 is 0 Å². The maximum Gasteiger partial charge on any atom is 0.391 e. The highest BCUT2D eigenvalue weighted by atomic mass is 19.4. The first-order chi connectivity index (χ1) is 11.0. The van der Waals surface area contributed by atoms with Gasteiger partial charge in [-0.25, -0.2) is 0 Å². The van der Waals surface area contributed by atoms with Gasteiger partial charge in [-0.15, -0.1) is 0 Å². The molecule has 0 amide bonds. The molecule has 0 N–H and O–H groups in total. The monoisotopic (exact) mass is 362 g/mol. The average Bonchev–Trinajstić information content (AvgIpc) is 2.54. The first-order valence-corrected chi connectivity index (χ1v) is 8.82. The van der Waals surface area contributed by atoms with Crippen LogP contribution in [0.25, 0.3) is 0 Å². The van der Waals surface area contributed by atoms with E-state index in [1.165, 1.54) is 0 Å². The van der Waals surface area contributed by atoms with Crippen molar-refractivity contribution in [3.05, 3.63) is 0 Å². The predicted molar refractivity (Wildman–Crippen MR) is 77.1 cm³/mol. The zero-order chi connectivity index (χ0) is 18.2. The second kappa shape index (κ2) is 7.02. The van der Waals surface area contributed by atoms with Crippen LogP contribution in [0.3, 0.4) is 0 Å². The van der Waals surface area contributed by atoms with Crippen molar-refractivity contribution in [2.45, 2.75) is 82.7 Å². The van der Waals surface area contributed by atoms with E-state index in [4.69, 9.17) is 0 Å². The molecule has 2 fully saturated rings. The summed E-state index contributed by atoms with van der Waals surface area (Å²) >= 11 is 0. The molecule has 142 valence electrons. The van der Waals surface area contributed by atoms with Crippen LogP contribution in [0.5, 0.6) is 0 Å². The van der Waals surface area contributed by atoms with E-state index in [1.807, 2.05) is 6.92 Å². The third-order valence-electron chi connectivity index (χ3n) is 6.08. The van der Waals surface area contributed by atoms with Gasteiger partial charge in [0.05, 0.1) is 5.92 Å². The number of hydrogen-bond donors (Lipinski definition) is 0. The Morgan fingerprint density at radius 3 is 1.25 bits per heavy atom. The van der Waals surface area contributed by atoms with Crippen molar-refractivity contribution in [2.24, 2.45) is 23.7 Å². The minimum Gasteiger partial charge on any atom is -0.200 e. The van der Waals surface area contributed by atoms with Crippen LogP contribution in [0, 0.1) is 23.7 Å². The minimum absolute atomic E-state index is 0.0684. The van der Waals surface area contributed by atoms with E-state index in [0.717, 1.165) is 6.42 Å². The summed E-state index contributed by atoms with van der Waals surface area (Å²) in [6, 6.07) is 0. The van der Waals surface area contributed by atoms with E-state index in [2.05, 4.69) is 0 Å². The molecule has 0 nitrogen and oxygen atoms in total. The van der Waals surface area contributed by atoms with Crippen LogP contribution in [0.4, 0.5) is 30.7 Å². The van der Waals surface area contributed by atoms with Crippen molar-refractivity contribution in [3.8, 4) is 0 Å². The quantitative estimate of drug-likeness (QED) is 0.480. The Kier molecular flexibility index (Phi) is 5.80. The summed E-state index contributed by atoms with van der Waals surface area (Å²) in [6.07, 6.45) is -4.34. The van der Waals surface area contributed by atoms with Gasteiger partial charge < -0.3 is 0 Å². The number of halogens is 7. The van der Waals surface area contributed by atoms with Crippen molar-refractivity contribution in [1.29, 1.82) is 0 Å². The molecule has 0 bridgehead atoms. The molecule has 7 heteroatoms. The highest BCUT2D eigenvalue weighted by Crippen LogP contribution is 2.54. The van der Waals surface area contributed by atoms with Gasteiger partial charge in [-0.1, -0.05) is 13.3 Å². The van der Waals surface area contributed by atoms with E-state index in [-0.39, 0.29) is 12.8 Å². The standard InChI is InChI=1S/C17H25F7/c1-2-11-3-5-12(6-4-11)15(18,19)16(20,21)13-7-9-14(10-8-13)17(22,23)24/h11-14H,2-10H2,1H3. The van der Waals surface area contributed by atoms with E-state index in [1.54, 1.807) is 0 Å². The van der Waals surface area contributed by atoms with Crippen molar-refractivity contribution in [3.63, 3.8) is 0 Å². The molecule has 0 aliphatic heterocycles. The van der Waals surface area contributed by atoms with Crippen LogP contribution < -0.4 is 0 Å².